The third-order valence-corrected chi connectivity index (χ3v) is 5.00. The van der Waals surface area contributed by atoms with E-state index in [-0.39, 0.29) is 16.9 Å². The van der Waals surface area contributed by atoms with E-state index in [9.17, 15) is 8.42 Å². The van der Waals surface area contributed by atoms with Gasteiger partial charge in [-0.2, -0.15) is 8.42 Å². The van der Waals surface area contributed by atoms with Crippen molar-refractivity contribution in [1.29, 1.82) is 0 Å². The highest BCUT2D eigenvalue weighted by molar-refractivity contribution is 7.86. The molecule has 0 fully saturated rings. The fraction of sp³-hybridized carbons (Fsp3) is 0.647. The van der Waals surface area contributed by atoms with Crippen molar-refractivity contribution in [3.05, 3.63) is 29.8 Å². The molecule has 1 rings (SSSR count). The van der Waals surface area contributed by atoms with E-state index in [1.165, 1.54) is 12.8 Å². The van der Waals surface area contributed by atoms with Crippen LogP contribution in [0.1, 0.15) is 58.4 Å². The maximum atomic E-state index is 12.3. The molecule has 1 unspecified atom stereocenters. The molecule has 0 radical (unpaired) electrons. The Balaban J connectivity index is 2.70. The van der Waals surface area contributed by atoms with Gasteiger partial charge in [-0.1, -0.05) is 64.2 Å². The van der Waals surface area contributed by atoms with Crippen LogP contribution in [0, 0.1) is 12.8 Å². The normalized spacial score (nSPS) is 13.6. The van der Waals surface area contributed by atoms with E-state index in [1.54, 1.807) is 24.3 Å². The second kappa shape index (κ2) is 8.54. The van der Waals surface area contributed by atoms with Crippen LogP contribution in [0.5, 0.6) is 0 Å². The van der Waals surface area contributed by atoms with Crippen molar-refractivity contribution in [3.8, 4) is 0 Å². The fourth-order valence-electron chi connectivity index (χ4n) is 2.19. The summed E-state index contributed by atoms with van der Waals surface area (Å²) in [6.45, 7) is 8.12. The molecular formula is C17H28O3S. The highest BCUT2D eigenvalue weighted by atomic mass is 32.2. The largest absolute Gasteiger partial charge is 0.297 e. The van der Waals surface area contributed by atoms with Gasteiger partial charge < -0.3 is 0 Å². The summed E-state index contributed by atoms with van der Waals surface area (Å²) < 4.78 is 30.1. The summed E-state index contributed by atoms with van der Waals surface area (Å²) in [6.07, 6.45) is 5.06. The van der Waals surface area contributed by atoms with Crippen molar-refractivity contribution in [1.82, 2.24) is 0 Å². The van der Waals surface area contributed by atoms with Gasteiger partial charge in [0.15, 0.2) is 0 Å². The van der Waals surface area contributed by atoms with E-state index < -0.39 is 10.1 Å². The monoisotopic (exact) mass is 312 g/mol. The molecule has 0 aromatic heterocycles. The number of hydrogen-bond donors (Lipinski definition) is 0. The Hall–Kier alpha value is -0.870. The third kappa shape index (κ3) is 6.18. The molecule has 0 heterocycles. The SMILES string of the molecule is CCCCCCC(OS(=O)(=O)c1ccc(C)cc1)C(C)C. The lowest BCUT2D eigenvalue weighted by atomic mass is 10.0. The van der Waals surface area contributed by atoms with Crippen LogP contribution >= 0.6 is 0 Å². The maximum Gasteiger partial charge on any atom is 0.297 e. The van der Waals surface area contributed by atoms with Crippen LogP contribution in [-0.2, 0) is 14.3 Å². The third-order valence-electron chi connectivity index (χ3n) is 3.65. The van der Waals surface area contributed by atoms with E-state index >= 15 is 0 Å². The number of benzene rings is 1. The van der Waals surface area contributed by atoms with Gasteiger partial charge in [-0.25, -0.2) is 0 Å². The number of aryl methyl sites for hydroxylation is 1. The number of unbranched alkanes of at least 4 members (excludes halogenated alkanes) is 3. The van der Waals surface area contributed by atoms with Gasteiger partial charge in [0.25, 0.3) is 10.1 Å². The van der Waals surface area contributed by atoms with Crippen LogP contribution in [0.4, 0.5) is 0 Å². The first-order valence-corrected chi connectivity index (χ1v) is 9.27. The van der Waals surface area contributed by atoms with E-state index in [0.717, 1.165) is 24.8 Å². The van der Waals surface area contributed by atoms with Gasteiger partial charge in [0.1, 0.15) is 0 Å². The average molecular weight is 312 g/mol. The summed E-state index contributed by atoms with van der Waals surface area (Å²) in [6, 6.07) is 6.81. The van der Waals surface area contributed by atoms with Gasteiger partial charge in [0.2, 0.25) is 0 Å². The standard InChI is InChI=1S/C17H28O3S/c1-5-6-7-8-9-17(14(2)3)20-21(18,19)16-12-10-15(4)11-13-16/h10-14,17H,5-9H2,1-4H3. The first-order valence-electron chi connectivity index (χ1n) is 7.86. The van der Waals surface area contributed by atoms with Gasteiger partial charge in [0, 0.05) is 0 Å². The second-order valence-corrected chi connectivity index (χ2v) is 7.57. The molecule has 21 heavy (non-hydrogen) atoms. The molecule has 0 aliphatic rings. The smallest absolute Gasteiger partial charge is 0.263 e. The minimum atomic E-state index is -3.66. The minimum Gasteiger partial charge on any atom is -0.263 e. The van der Waals surface area contributed by atoms with Gasteiger partial charge in [0.05, 0.1) is 11.0 Å². The Morgan fingerprint density at radius 1 is 1.05 bits per heavy atom. The molecule has 0 N–H and O–H groups in total. The molecule has 1 aromatic rings. The lowest BCUT2D eigenvalue weighted by Gasteiger charge is -2.21. The van der Waals surface area contributed by atoms with E-state index in [0.29, 0.717) is 0 Å². The predicted octanol–water partition coefficient (Wildman–Crippen LogP) is 4.70. The molecule has 0 amide bonds. The molecular weight excluding hydrogens is 284 g/mol. The summed E-state index contributed by atoms with van der Waals surface area (Å²) in [5.41, 5.74) is 1.04. The summed E-state index contributed by atoms with van der Waals surface area (Å²) in [5.74, 6) is 0.187. The van der Waals surface area contributed by atoms with Crippen LogP contribution in [-0.4, -0.2) is 14.5 Å². The van der Waals surface area contributed by atoms with Crippen molar-refractivity contribution in [2.75, 3.05) is 0 Å². The molecule has 3 nitrogen and oxygen atoms in total. The van der Waals surface area contributed by atoms with Crippen LogP contribution < -0.4 is 0 Å². The Morgan fingerprint density at radius 3 is 2.19 bits per heavy atom. The zero-order valence-corrected chi connectivity index (χ0v) is 14.4. The highest BCUT2D eigenvalue weighted by Gasteiger charge is 2.23. The highest BCUT2D eigenvalue weighted by Crippen LogP contribution is 2.22. The van der Waals surface area contributed by atoms with E-state index in [4.69, 9.17) is 4.18 Å². The number of rotatable bonds is 9. The van der Waals surface area contributed by atoms with Gasteiger partial charge in [-0.3, -0.25) is 4.18 Å². The molecule has 0 saturated carbocycles. The zero-order chi connectivity index (χ0) is 15.9. The van der Waals surface area contributed by atoms with Crippen molar-refractivity contribution < 1.29 is 12.6 Å². The quantitative estimate of drug-likeness (QED) is 0.490. The molecule has 0 spiro atoms. The summed E-state index contributed by atoms with van der Waals surface area (Å²) in [4.78, 5) is 0.243. The fourth-order valence-corrected chi connectivity index (χ4v) is 3.41. The first-order chi connectivity index (χ1) is 9.86. The molecule has 0 bridgehead atoms. The topological polar surface area (TPSA) is 43.4 Å². The molecule has 4 heteroatoms. The van der Waals surface area contributed by atoms with Gasteiger partial charge in [-0.05, 0) is 31.4 Å². The molecule has 0 aliphatic heterocycles. The average Bonchev–Trinajstić information content (AvgIpc) is 2.42. The van der Waals surface area contributed by atoms with Crippen LogP contribution in [0.3, 0.4) is 0 Å². The van der Waals surface area contributed by atoms with E-state index in [2.05, 4.69) is 6.92 Å². The Labute approximate surface area is 129 Å². The van der Waals surface area contributed by atoms with E-state index in [1.807, 2.05) is 20.8 Å². The number of hydrogen-bond acceptors (Lipinski definition) is 3. The lowest BCUT2D eigenvalue weighted by molar-refractivity contribution is 0.145. The molecule has 0 saturated heterocycles. The van der Waals surface area contributed by atoms with Crippen molar-refractivity contribution >= 4 is 10.1 Å². The van der Waals surface area contributed by atoms with Crippen LogP contribution in [0.15, 0.2) is 29.2 Å². The van der Waals surface area contributed by atoms with Crippen molar-refractivity contribution in [3.63, 3.8) is 0 Å². The first kappa shape index (κ1) is 18.2. The van der Waals surface area contributed by atoms with Gasteiger partial charge >= 0.3 is 0 Å². The minimum absolute atomic E-state index is 0.187. The Morgan fingerprint density at radius 2 is 1.67 bits per heavy atom. The molecule has 120 valence electrons. The maximum absolute atomic E-state index is 12.3. The molecule has 1 aromatic carbocycles. The second-order valence-electron chi connectivity index (χ2n) is 6.00. The van der Waals surface area contributed by atoms with Crippen molar-refractivity contribution in [2.45, 2.75) is 70.8 Å². The lowest BCUT2D eigenvalue weighted by Crippen LogP contribution is -2.24. The predicted molar refractivity (Wildman–Crippen MR) is 86.8 cm³/mol. The van der Waals surface area contributed by atoms with Gasteiger partial charge in [-0.15, -0.1) is 0 Å². The Kier molecular flexibility index (Phi) is 7.40. The van der Waals surface area contributed by atoms with Crippen molar-refractivity contribution in [2.24, 2.45) is 5.92 Å². The summed E-state index contributed by atoms with van der Waals surface area (Å²) >= 11 is 0. The molecule has 0 aliphatic carbocycles. The van der Waals surface area contributed by atoms with Crippen LogP contribution in [0.25, 0.3) is 0 Å². The Bertz CT molecular complexity index is 503. The summed E-state index contributed by atoms with van der Waals surface area (Å²) in [7, 11) is -3.66. The summed E-state index contributed by atoms with van der Waals surface area (Å²) in [5, 5.41) is 0. The zero-order valence-electron chi connectivity index (χ0n) is 13.6. The van der Waals surface area contributed by atoms with Crippen LogP contribution in [0.2, 0.25) is 0 Å². The molecule has 1 atom stereocenters.